The van der Waals surface area contributed by atoms with E-state index in [1.54, 1.807) is 12.1 Å². The summed E-state index contributed by atoms with van der Waals surface area (Å²) in [4.78, 5) is 4.80. The molecule has 2 unspecified atom stereocenters. The molecule has 0 aromatic heterocycles. The van der Waals surface area contributed by atoms with Crippen molar-refractivity contribution in [3.8, 4) is 0 Å². The predicted octanol–water partition coefficient (Wildman–Crippen LogP) is 6.04. The average molecular weight is 397 g/mol. The number of aliphatic imine (C=N–C) groups is 1. The number of amidine groups is 1. The maximum atomic E-state index is 13.8. The summed E-state index contributed by atoms with van der Waals surface area (Å²) in [7, 11) is 0. The second-order valence-electron chi connectivity index (χ2n) is 6.84. The first kappa shape index (κ1) is 18.6. The minimum Gasteiger partial charge on any atom is -0.364 e. The fourth-order valence-corrected chi connectivity index (χ4v) is 3.78. The number of benzene rings is 3. The summed E-state index contributed by atoms with van der Waals surface area (Å²) >= 11 is 6.25. The van der Waals surface area contributed by atoms with E-state index >= 15 is 0 Å². The van der Waals surface area contributed by atoms with Crippen molar-refractivity contribution in [2.45, 2.75) is 24.9 Å². The van der Waals surface area contributed by atoms with E-state index in [1.165, 1.54) is 24.3 Å². The van der Waals surface area contributed by atoms with Gasteiger partial charge in [0.1, 0.15) is 17.7 Å². The van der Waals surface area contributed by atoms with Crippen LogP contribution in [0, 0.1) is 11.6 Å². The van der Waals surface area contributed by atoms with Crippen molar-refractivity contribution in [3.63, 3.8) is 0 Å². The summed E-state index contributed by atoms with van der Waals surface area (Å²) in [6.45, 7) is 0. The Morgan fingerprint density at radius 2 is 1.50 bits per heavy atom. The molecular formula is C23H19ClF2N2. The lowest BCUT2D eigenvalue weighted by atomic mass is 9.95. The molecule has 4 rings (SSSR count). The summed E-state index contributed by atoms with van der Waals surface area (Å²) in [5, 5.41) is 4.14. The Morgan fingerprint density at radius 3 is 2.21 bits per heavy atom. The third-order valence-corrected chi connectivity index (χ3v) is 5.29. The summed E-state index contributed by atoms with van der Waals surface area (Å²) in [5.41, 5.74) is 2.59. The number of aryl methyl sites for hydroxylation is 1. The quantitative estimate of drug-likeness (QED) is 0.559. The second-order valence-corrected chi connectivity index (χ2v) is 7.25. The highest BCUT2D eigenvalue weighted by molar-refractivity contribution is 6.31. The topological polar surface area (TPSA) is 24.4 Å². The van der Waals surface area contributed by atoms with Crippen LogP contribution < -0.4 is 5.32 Å². The molecule has 0 bridgehead atoms. The van der Waals surface area contributed by atoms with Crippen LogP contribution in [0.3, 0.4) is 0 Å². The Hall–Kier alpha value is -2.72. The number of halogens is 3. The van der Waals surface area contributed by atoms with Gasteiger partial charge < -0.3 is 5.32 Å². The van der Waals surface area contributed by atoms with E-state index in [-0.39, 0.29) is 23.7 Å². The van der Waals surface area contributed by atoms with Crippen LogP contribution in [0.4, 0.5) is 8.78 Å². The number of rotatable bonds is 5. The van der Waals surface area contributed by atoms with Crippen LogP contribution in [0.2, 0.25) is 5.02 Å². The van der Waals surface area contributed by atoms with Gasteiger partial charge >= 0.3 is 0 Å². The van der Waals surface area contributed by atoms with E-state index in [4.69, 9.17) is 16.6 Å². The molecule has 0 saturated carbocycles. The lowest BCUT2D eigenvalue weighted by molar-refractivity contribution is 0.555. The Kier molecular flexibility index (Phi) is 5.40. The lowest BCUT2D eigenvalue weighted by Crippen LogP contribution is -2.25. The van der Waals surface area contributed by atoms with E-state index in [2.05, 4.69) is 5.32 Å². The van der Waals surface area contributed by atoms with Crippen molar-refractivity contribution in [1.82, 2.24) is 5.32 Å². The minimum atomic E-state index is -0.321. The molecule has 28 heavy (non-hydrogen) atoms. The Labute approximate surface area is 167 Å². The van der Waals surface area contributed by atoms with Gasteiger partial charge in [0.15, 0.2) is 0 Å². The van der Waals surface area contributed by atoms with Gasteiger partial charge in [0.05, 0.1) is 11.9 Å². The summed E-state index contributed by atoms with van der Waals surface area (Å²) < 4.78 is 27.6. The van der Waals surface area contributed by atoms with Crippen molar-refractivity contribution in [2.24, 2.45) is 4.99 Å². The van der Waals surface area contributed by atoms with Crippen LogP contribution in [-0.2, 0) is 6.42 Å². The molecule has 2 atom stereocenters. The average Bonchev–Trinajstić information content (AvgIpc) is 3.12. The Bertz CT molecular complexity index is 1020. The molecule has 2 nitrogen and oxygen atoms in total. The van der Waals surface area contributed by atoms with Crippen LogP contribution in [0.1, 0.15) is 35.2 Å². The van der Waals surface area contributed by atoms with E-state index in [0.717, 1.165) is 34.0 Å². The van der Waals surface area contributed by atoms with Crippen molar-refractivity contribution in [2.75, 3.05) is 0 Å². The van der Waals surface area contributed by atoms with Gasteiger partial charge in [0.2, 0.25) is 0 Å². The van der Waals surface area contributed by atoms with Gasteiger partial charge in [-0.2, -0.15) is 0 Å². The van der Waals surface area contributed by atoms with Crippen molar-refractivity contribution >= 4 is 17.4 Å². The number of hydrogen-bond acceptors (Lipinski definition) is 2. The monoisotopic (exact) mass is 396 g/mol. The molecule has 5 heteroatoms. The normalized spacial score (nSPS) is 18.6. The van der Waals surface area contributed by atoms with Gasteiger partial charge in [-0.15, -0.1) is 0 Å². The van der Waals surface area contributed by atoms with Gasteiger partial charge in [-0.3, -0.25) is 4.99 Å². The van der Waals surface area contributed by atoms with Gasteiger partial charge in [-0.25, -0.2) is 8.78 Å². The smallest absolute Gasteiger partial charge is 0.123 e. The van der Waals surface area contributed by atoms with Gasteiger partial charge in [-0.1, -0.05) is 54.1 Å². The van der Waals surface area contributed by atoms with Gasteiger partial charge in [-0.05, 0) is 53.4 Å². The van der Waals surface area contributed by atoms with Crippen LogP contribution >= 0.6 is 11.6 Å². The molecule has 0 radical (unpaired) electrons. The molecule has 3 aromatic rings. The van der Waals surface area contributed by atoms with Crippen molar-refractivity contribution in [1.29, 1.82) is 0 Å². The maximum Gasteiger partial charge on any atom is 0.123 e. The summed E-state index contributed by atoms with van der Waals surface area (Å²) in [5.74, 6) is 0.195. The van der Waals surface area contributed by atoms with Crippen LogP contribution in [0.5, 0.6) is 0 Å². The third-order valence-electron chi connectivity index (χ3n) is 4.92. The molecule has 1 aliphatic heterocycles. The van der Waals surface area contributed by atoms with Crippen molar-refractivity contribution in [3.05, 3.63) is 106 Å². The zero-order valence-corrected chi connectivity index (χ0v) is 15.8. The summed E-state index contributed by atoms with van der Waals surface area (Å²) in [6.07, 6.45) is 1.40. The summed E-state index contributed by atoms with van der Waals surface area (Å²) in [6, 6.07) is 20.0. The molecule has 0 spiro atoms. The predicted molar refractivity (Wildman–Crippen MR) is 109 cm³/mol. The highest BCUT2D eigenvalue weighted by Gasteiger charge is 2.31. The van der Waals surface area contributed by atoms with E-state index < -0.39 is 0 Å². The molecule has 142 valence electrons. The first-order valence-electron chi connectivity index (χ1n) is 9.18. The number of nitrogens with zero attached hydrogens (tertiary/aromatic N) is 1. The molecular weight excluding hydrogens is 378 g/mol. The van der Waals surface area contributed by atoms with Crippen LogP contribution in [0.15, 0.2) is 77.8 Å². The first-order valence-corrected chi connectivity index (χ1v) is 9.55. The van der Waals surface area contributed by atoms with Crippen LogP contribution in [-0.4, -0.2) is 5.84 Å². The largest absolute Gasteiger partial charge is 0.364 e. The minimum absolute atomic E-state index is 0.251. The second kappa shape index (κ2) is 8.11. The zero-order chi connectivity index (χ0) is 19.5. The Morgan fingerprint density at radius 1 is 0.821 bits per heavy atom. The molecule has 0 aliphatic carbocycles. The van der Waals surface area contributed by atoms with Crippen LogP contribution in [0.25, 0.3) is 0 Å². The first-order chi connectivity index (χ1) is 13.6. The van der Waals surface area contributed by atoms with Crippen molar-refractivity contribution < 1.29 is 8.78 Å². The highest BCUT2D eigenvalue weighted by Crippen LogP contribution is 2.37. The SMILES string of the molecule is Fc1cccc(C2N=C(CCc3ccccc3Cl)NC2c2cccc(F)c2)c1. The molecule has 3 aromatic carbocycles. The van der Waals surface area contributed by atoms with Gasteiger partial charge in [0, 0.05) is 11.4 Å². The number of nitrogens with one attached hydrogen (secondary N) is 1. The lowest BCUT2D eigenvalue weighted by Gasteiger charge is -2.20. The van der Waals surface area contributed by atoms with E-state index in [1.807, 2.05) is 36.4 Å². The number of hydrogen-bond donors (Lipinski definition) is 1. The zero-order valence-electron chi connectivity index (χ0n) is 15.1. The fourth-order valence-electron chi connectivity index (χ4n) is 3.55. The molecule has 0 fully saturated rings. The van der Waals surface area contributed by atoms with E-state index in [0.29, 0.717) is 6.42 Å². The fraction of sp³-hybridized carbons (Fsp3) is 0.174. The molecule has 0 amide bonds. The van der Waals surface area contributed by atoms with E-state index in [9.17, 15) is 8.78 Å². The molecule has 1 aliphatic rings. The van der Waals surface area contributed by atoms with Gasteiger partial charge in [0.25, 0.3) is 0 Å². The molecule has 1 heterocycles. The standard InChI is InChI=1S/C23H19ClF2N2/c24-20-10-2-1-5-15(20)11-12-21-27-22(16-6-3-8-18(25)13-16)23(28-21)17-7-4-9-19(26)14-17/h1-10,13-14,22-23H,11-12H2,(H,27,28). The molecule has 1 N–H and O–H groups in total. The maximum absolute atomic E-state index is 13.8. The molecule has 0 saturated heterocycles. The Balaban J connectivity index is 1.61. The third kappa shape index (κ3) is 4.07. The highest BCUT2D eigenvalue weighted by atomic mass is 35.5.